The van der Waals surface area contributed by atoms with E-state index >= 15 is 0 Å². The second kappa shape index (κ2) is 5.77. The van der Waals surface area contributed by atoms with Gasteiger partial charge in [-0.1, -0.05) is 0 Å². The maximum absolute atomic E-state index is 12.3. The number of hydrogen-bond donors (Lipinski definition) is 2. The van der Waals surface area contributed by atoms with Crippen molar-refractivity contribution in [2.45, 2.75) is 25.8 Å². The zero-order valence-electron chi connectivity index (χ0n) is 10.5. The molecule has 1 aromatic heterocycles. The number of carbonyl (C=O) groups excluding carboxylic acids is 1. The standard InChI is InChI=1S/C12H18N4O2/c1-2-16(9-3-5-13-6-4-9)12(18)10-7-15-11(17)8-14-10/h7-9,13H,2-6H2,1H3,(H,15,17). The fourth-order valence-electron chi connectivity index (χ4n) is 2.29. The van der Waals surface area contributed by atoms with Crippen LogP contribution in [0.25, 0.3) is 0 Å². The van der Waals surface area contributed by atoms with Gasteiger partial charge >= 0.3 is 0 Å². The van der Waals surface area contributed by atoms with Gasteiger partial charge in [-0.2, -0.15) is 0 Å². The Balaban J connectivity index is 2.13. The Hall–Kier alpha value is -1.69. The monoisotopic (exact) mass is 250 g/mol. The number of rotatable bonds is 3. The van der Waals surface area contributed by atoms with Crippen LogP contribution >= 0.6 is 0 Å². The molecule has 1 aliphatic rings. The predicted octanol–water partition coefficient (Wildman–Crippen LogP) is -0.0160. The molecule has 0 aromatic carbocycles. The fraction of sp³-hybridized carbons (Fsp3) is 0.583. The number of H-pyrrole nitrogens is 1. The van der Waals surface area contributed by atoms with Crippen LogP contribution in [-0.4, -0.2) is 46.5 Å². The van der Waals surface area contributed by atoms with Gasteiger partial charge in [-0.25, -0.2) is 4.98 Å². The first-order valence-electron chi connectivity index (χ1n) is 6.28. The number of aromatic nitrogens is 2. The van der Waals surface area contributed by atoms with Crippen LogP contribution in [-0.2, 0) is 0 Å². The molecule has 6 heteroatoms. The van der Waals surface area contributed by atoms with Crippen LogP contribution in [0, 0.1) is 0 Å². The Morgan fingerprint density at radius 1 is 1.50 bits per heavy atom. The van der Waals surface area contributed by atoms with E-state index in [0.717, 1.165) is 32.1 Å². The van der Waals surface area contributed by atoms with Gasteiger partial charge in [-0.15, -0.1) is 0 Å². The molecule has 0 radical (unpaired) electrons. The SMILES string of the molecule is CCN(C(=O)c1c[nH]c(=O)cn1)C1CCNCC1. The van der Waals surface area contributed by atoms with Gasteiger partial charge in [-0.3, -0.25) is 9.59 Å². The van der Waals surface area contributed by atoms with Crippen molar-refractivity contribution < 1.29 is 4.79 Å². The van der Waals surface area contributed by atoms with Gasteiger partial charge in [0.1, 0.15) is 5.69 Å². The van der Waals surface area contributed by atoms with Crippen molar-refractivity contribution in [3.8, 4) is 0 Å². The minimum atomic E-state index is -0.295. The van der Waals surface area contributed by atoms with E-state index in [4.69, 9.17) is 0 Å². The summed E-state index contributed by atoms with van der Waals surface area (Å²) in [5.41, 5.74) is 0.00597. The molecule has 2 rings (SSSR count). The summed E-state index contributed by atoms with van der Waals surface area (Å²) in [6, 6.07) is 0.262. The molecule has 0 atom stereocenters. The highest BCUT2D eigenvalue weighted by Gasteiger charge is 2.25. The Morgan fingerprint density at radius 2 is 2.22 bits per heavy atom. The molecule has 1 amide bonds. The third-order valence-corrected chi connectivity index (χ3v) is 3.24. The minimum absolute atomic E-state index is 0.111. The summed E-state index contributed by atoms with van der Waals surface area (Å²) < 4.78 is 0. The summed E-state index contributed by atoms with van der Waals surface area (Å²) in [6.07, 6.45) is 4.45. The fourth-order valence-corrected chi connectivity index (χ4v) is 2.29. The molecule has 18 heavy (non-hydrogen) atoms. The van der Waals surface area contributed by atoms with E-state index in [2.05, 4.69) is 15.3 Å². The molecule has 0 unspecified atom stereocenters. The Morgan fingerprint density at radius 3 is 2.78 bits per heavy atom. The zero-order valence-corrected chi connectivity index (χ0v) is 10.5. The maximum atomic E-state index is 12.3. The number of aromatic amines is 1. The summed E-state index contributed by atoms with van der Waals surface area (Å²) in [5.74, 6) is -0.111. The molecular formula is C12H18N4O2. The first-order chi connectivity index (χ1) is 8.72. The van der Waals surface area contributed by atoms with Gasteiger partial charge in [0.05, 0.1) is 6.20 Å². The molecule has 1 saturated heterocycles. The lowest BCUT2D eigenvalue weighted by Gasteiger charge is -2.33. The van der Waals surface area contributed by atoms with Gasteiger partial charge in [0, 0.05) is 18.8 Å². The molecule has 2 heterocycles. The van der Waals surface area contributed by atoms with Crippen molar-refractivity contribution in [1.29, 1.82) is 0 Å². The van der Waals surface area contributed by atoms with Gasteiger partial charge in [0.2, 0.25) is 0 Å². The molecule has 0 spiro atoms. The van der Waals surface area contributed by atoms with Crippen molar-refractivity contribution in [2.24, 2.45) is 0 Å². The molecule has 1 aliphatic heterocycles. The Labute approximate surface area is 105 Å². The molecule has 2 N–H and O–H groups in total. The van der Waals surface area contributed by atoms with E-state index in [1.807, 2.05) is 11.8 Å². The highest BCUT2D eigenvalue weighted by molar-refractivity contribution is 5.92. The van der Waals surface area contributed by atoms with Crippen molar-refractivity contribution in [1.82, 2.24) is 20.2 Å². The largest absolute Gasteiger partial charge is 0.334 e. The predicted molar refractivity (Wildman–Crippen MR) is 67.5 cm³/mol. The highest BCUT2D eigenvalue weighted by Crippen LogP contribution is 2.13. The maximum Gasteiger partial charge on any atom is 0.274 e. The molecule has 1 fully saturated rings. The van der Waals surface area contributed by atoms with Crippen LogP contribution in [0.3, 0.4) is 0 Å². The van der Waals surface area contributed by atoms with Crippen LogP contribution in [0.5, 0.6) is 0 Å². The quantitative estimate of drug-likeness (QED) is 0.790. The Bertz CT molecular complexity index is 445. The average molecular weight is 250 g/mol. The second-order valence-corrected chi connectivity index (χ2v) is 4.37. The van der Waals surface area contributed by atoms with Crippen LogP contribution in [0.1, 0.15) is 30.3 Å². The molecule has 0 aliphatic carbocycles. The third kappa shape index (κ3) is 2.76. The first-order valence-corrected chi connectivity index (χ1v) is 6.28. The van der Waals surface area contributed by atoms with E-state index in [9.17, 15) is 9.59 Å². The van der Waals surface area contributed by atoms with Crippen LogP contribution in [0.2, 0.25) is 0 Å². The third-order valence-electron chi connectivity index (χ3n) is 3.24. The molecule has 1 aromatic rings. The van der Waals surface area contributed by atoms with Crippen LogP contribution < -0.4 is 10.9 Å². The number of hydrogen-bond acceptors (Lipinski definition) is 4. The van der Waals surface area contributed by atoms with E-state index < -0.39 is 0 Å². The van der Waals surface area contributed by atoms with Crippen molar-refractivity contribution in [3.63, 3.8) is 0 Å². The molecule has 6 nitrogen and oxygen atoms in total. The number of piperidine rings is 1. The summed E-state index contributed by atoms with van der Waals surface area (Å²) in [4.78, 5) is 31.5. The first kappa shape index (κ1) is 12.8. The lowest BCUT2D eigenvalue weighted by molar-refractivity contribution is 0.0649. The van der Waals surface area contributed by atoms with Crippen molar-refractivity contribution in [3.05, 3.63) is 28.4 Å². The topological polar surface area (TPSA) is 78.1 Å². The van der Waals surface area contributed by atoms with E-state index in [1.165, 1.54) is 6.20 Å². The molecule has 0 saturated carbocycles. The minimum Gasteiger partial charge on any atom is -0.334 e. The summed E-state index contributed by atoms with van der Waals surface area (Å²) >= 11 is 0. The summed E-state index contributed by atoms with van der Waals surface area (Å²) in [6.45, 7) is 4.50. The molecule has 0 bridgehead atoms. The summed E-state index contributed by atoms with van der Waals surface area (Å²) in [7, 11) is 0. The van der Waals surface area contributed by atoms with E-state index in [-0.39, 0.29) is 17.5 Å². The van der Waals surface area contributed by atoms with E-state index in [1.54, 1.807) is 0 Å². The number of carbonyl (C=O) groups is 1. The number of nitrogens with one attached hydrogen (secondary N) is 2. The second-order valence-electron chi connectivity index (χ2n) is 4.37. The molecule has 98 valence electrons. The molecular weight excluding hydrogens is 232 g/mol. The lowest BCUT2D eigenvalue weighted by Crippen LogP contribution is -2.46. The van der Waals surface area contributed by atoms with E-state index in [0.29, 0.717) is 12.2 Å². The lowest BCUT2D eigenvalue weighted by atomic mass is 10.0. The summed E-state index contributed by atoms with van der Waals surface area (Å²) in [5, 5.41) is 3.28. The normalized spacial score (nSPS) is 16.5. The van der Waals surface area contributed by atoms with Gasteiger partial charge in [0.15, 0.2) is 0 Å². The van der Waals surface area contributed by atoms with Crippen molar-refractivity contribution >= 4 is 5.91 Å². The van der Waals surface area contributed by atoms with Crippen LogP contribution in [0.4, 0.5) is 0 Å². The van der Waals surface area contributed by atoms with Gasteiger partial charge < -0.3 is 15.2 Å². The highest BCUT2D eigenvalue weighted by atomic mass is 16.2. The van der Waals surface area contributed by atoms with Gasteiger partial charge in [-0.05, 0) is 32.9 Å². The van der Waals surface area contributed by atoms with Gasteiger partial charge in [0.25, 0.3) is 11.5 Å². The average Bonchev–Trinajstić information content (AvgIpc) is 2.41. The van der Waals surface area contributed by atoms with Crippen LogP contribution in [0.15, 0.2) is 17.2 Å². The van der Waals surface area contributed by atoms with Crippen molar-refractivity contribution in [2.75, 3.05) is 19.6 Å². The zero-order chi connectivity index (χ0) is 13.0. The number of amides is 1. The Kier molecular flexibility index (Phi) is 4.09. The smallest absolute Gasteiger partial charge is 0.274 e. The number of nitrogens with zero attached hydrogens (tertiary/aromatic N) is 2.